The maximum Gasteiger partial charge on any atom is 0.254 e. The van der Waals surface area contributed by atoms with E-state index in [1.807, 2.05) is 24.3 Å². The molecule has 0 unspecified atom stereocenters. The van der Waals surface area contributed by atoms with Gasteiger partial charge in [-0.05, 0) is 42.0 Å². The first-order valence-electron chi connectivity index (χ1n) is 12.9. The number of aromatic nitrogens is 1. The molecule has 1 aromatic heterocycles. The number of sulfonamides is 1. The molecule has 12 heteroatoms. The van der Waals surface area contributed by atoms with Crippen molar-refractivity contribution in [1.82, 2.24) is 19.5 Å². The maximum atomic E-state index is 13.8. The van der Waals surface area contributed by atoms with Gasteiger partial charge in [0.25, 0.3) is 5.91 Å². The molecule has 0 spiro atoms. The Morgan fingerprint density at radius 1 is 1.00 bits per heavy atom. The van der Waals surface area contributed by atoms with Crippen LogP contribution in [0.15, 0.2) is 90.0 Å². The van der Waals surface area contributed by atoms with E-state index >= 15 is 0 Å². The van der Waals surface area contributed by atoms with E-state index in [9.17, 15) is 27.2 Å². The zero-order chi connectivity index (χ0) is 29.1. The molecule has 2 heterocycles. The SMILES string of the molecule is NC(=O)[C@@H](Cc1c[nH]c2ccccc12)NC(=O)[C@H]1CN(C(=O)c2cccc(F)c2)CCN1S(=O)(=O)c1ccccc1. The average Bonchev–Trinajstić information content (AvgIpc) is 3.39. The van der Waals surface area contributed by atoms with Gasteiger partial charge in [-0.25, -0.2) is 12.8 Å². The molecule has 5 rings (SSSR count). The van der Waals surface area contributed by atoms with Gasteiger partial charge in [0.2, 0.25) is 21.8 Å². The molecule has 4 N–H and O–H groups in total. The number of H-pyrrole nitrogens is 1. The lowest BCUT2D eigenvalue weighted by Crippen LogP contribution is -2.63. The number of benzene rings is 3. The van der Waals surface area contributed by atoms with E-state index < -0.39 is 45.6 Å². The molecule has 1 aliphatic rings. The maximum absolute atomic E-state index is 13.8. The molecule has 1 fully saturated rings. The van der Waals surface area contributed by atoms with Crippen molar-refractivity contribution in [3.05, 3.63) is 102 Å². The number of hydrogen-bond donors (Lipinski definition) is 3. The fraction of sp³-hybridized carbons (Fsp3) is 0.207. The lowest BCUT2D eigenvalue weighted by Gasteiger charge is -2.40. The standard InChI is InChI=1S/C29H28FN5O5S/c30-21-8-6-7-19(15-21)29(38)34-13-14-35(41(39,40)22-9-2-1-3-10-22)26(18-34)28(37)33-25(27(31)36)16-20-17-32-24-12-5-4-11-23(20)24/h1-12,15,17,25-26,32H,13-14,16,18H2,(H2,31,36)(H,33,37)/t25-,26-/m1/s1. The molecule has 1 saturated heterocycles. The van der Waals surface area contributed by atoms with Gasteiger partial charge in [-0.1, -0.05) is 42.5 Å². The fourth-order valence-corrected chi connectivity index (χ4v) is 6.59. The van der Waals surface area contributed by atoms with Crippen molar-refractivity contribution in [2.75, 3.05) is 19.6 Å². The molecule has 3 amide bonds. The summed E-state index contributed by atoms with van der Waals surface area (Å²) < 4.78 is 42.1. The lowest BCUT2D eigenvalue weighted by atomic mass is 10.0. The van der Waals surface area contributed by atoms with Crippen molar-refractivity contribution in [3.63, 3.8) is 0 Å². The Morgan fingerprint density at radius 2 is 1.73 bits per heavy atom. The molecular weight excluding hydrogens is 549 g/mol. The number of primary amides is 1. The van der Waals surface area contributed by atoms with E-state index in [4.69, 9.17) is 5.73 Å². The number of amides is 3. The Labute approximate surface area is 236 Å². The van der Waals surface area contributed by atoms with Crippen molar-refractivity contribution >= 4 is 38.6 Å². The minimum absolute atomic E-state index is 0.0204. The zero-order valence-corrected chi connectivity index (χ0v) is 22.7. The van der Waals surface area contributed by atoms with Crippen LogP contribution in [-0.4, -0.2) is 72.0 Å². The van der Waals surface area contributed by atoms with Gasteiger partial charge < -0.3 is 20.9 Å². The van der Waals surface area contributed by atoms with Crippen LogP contribution in [0, 0.1) is 5.82 Å². The Morgan fingerprint density at radius 3 is 2.46 bits per heavy atom. The van der Waals surface area contributed by atoms with Crippen LogP contribution in [0.4, 0.5) is 4.39 Å². The molecular formula is C29H28FN5O5S. The molecule has 41 heavy (non-hydrogen) atoms. The highest BCUT2D eigenvalue weighted by Gasteiger charge is 2.42. The van der Waals surface area contributed by atoms with Crippen LogP contribution in [0.5, 0.6) is 0 Å². The number of nitrogens with one attached hydrogen (secondary N) is 2. The van der Waals surface area contributed by atoms with E-state index in [1.165, 1.54) is 35.2 Å². The van der Waals surface area contributed by atoms with Gasteiger partial charge in [0.05, 0.1) is 4.90 Å². The largest absolute Gasteiger partial charge is 0.368 e. The molecule has 10 nitrogen and oxygen atoms in total. The molecule has 0 saturated carbocycles. The second-order valence-electron chi connectivity index (χ2n) is 9.73. The van der Waals surface area contributed by atoms with Crippen molar-refractivity contribution in [2.24, 2.45) is 5.73 Å². The Hall–Kier alpha value is -4.55. The van der Waals surface area contributed by atoms with Crippen LogP contribution in [-0.2, 0) is 26.0 Å². The number of nitrogens with two attached hydrogens (primary N) is 1. The van der Waals surface area contributed by atoms with Gasteiger partial charge in [-0.3, -0.25) is 14.4 Å². The van der Waals surface area contributed by atoms with Crippen molar-refractivity contribution < 1.29 is 27.2 Å². The first kappa shape index (κ1) is 28.0. The number of carbonyl (C=O) groups excluding carboxylic acids is 3. The summed E-state index contributed by atoms with van der Waals surface area (Å²) in [4.78, 5) is 43.7. The summed E-state index contributed by atoms with van der Waals surface area (Å²) in [6.45, 7) is -0.536. The molecule has 2 atom stereocenters. The summed E-state index contributed by atoms with van der Waals surface area (Å²) >= 11 is 0. The van der Waals surface area contributed by atoms with Crippen LogP contribution in [0.25, 0.3) is 10.9 Å². The number of halogens is 1. The normalized spacial score (nSPS) is 16.8. The third kappa shape index (κ3) is 5.83. The van der Waals surface area contributed by atoms with Crippen LogP contribution < -0.4 is 11.1 Å². The Bertz CT molecular complexity index is 1710. The van der Waals surface area contributed by atoms with Gasteiger partial charge in [-0.15, -0.1) is 0 Å². The van der Waals surface area contributed by atoms with Crippen LogP contribution in [0.1, 0.15) is 15.9 Å². The van der Waals surface area contributed by atoms with Crippen LogP contribution in [0.3, 0.4) is 0 Å². The predicted octanol–water partition coefficient (Wildman–Crippen LogP) is 2.04. The molecule has 3 aromatic carbocycles. The fourth-order valence-electron chi connectivity index (χ4n) is 5.00. The second-order valence-corrected chi connectivity index (χ2v) is 11.6. The third-order valence-electron chi connectivity index (χ3n) is 7.10. The van der Waals surface area contributed by atoms with Gasteiger partial charge in [-0.2, -0.15) is 4.31 Å². The number of hydrogen-bond acceptors (Lipinski definition) is 5. The number of para-hydroxylation sites is 1. The number of piperazine rings is 1. The smallest absolute Gasteiger partial charge is 0.254 e. The first-order chi connectivity index (χ1) is 19.6. The summed E-state index contributed by atoms with van der Waals surface area (Å²) in [5, 5.41) is 3.47. The Balaban J connectivity index is 1.44. The molecule has 0 aliphatic carbocycles. The molecule has 1 aliphatic heterocycles. The minimum Gasteiger partial charge on any atom is -0.368 e. The van der Waals surface area contributed by atoms with Gasteiger partial charge in [0, 0.05) is 48.7 Å². The van der Waals surface area contributed by atoms with Crippen molar-refractivity contribution in [1.29, 1.82) is 0 Å². The van der Waals surface area contributed by atoms with E-state index in [1.54, 1.807) is 24.4 Å². The summed E-state index contributed by atoms with van der Waals surface area (Å²) in [6.07, 6.45) is 1.79. The van der Waals surface area contributed by atoms with Crippen molar-refractivity contribution in [3.8, 4) is 0 Å². The van der Waals surface area contributed by atoms with E-state index in [2.05, 4.69) is 10.3 Å². The number of fused-ring (bicyclic) bond motifs is 1. The number of rotatable bonds is 8. The summed E-state index contributed by atoms with van der Waals surface area (Å²) in [5.74, 6) is -2.74. The molecule has 212 valence electrons. The van der Waals surface area contributed by atoms with Gasteiger partial charge >= 0.3 is 0 Å². The number of carbonyl (C=O) groups is 3. The average molecular weight is 578 g/mol. The first-order valence-corrected chi connectivity index (χ1v) is 14.4. The zero-order valence-electron chi connectivity index (χ0n) is 21.9. The summed E-state index contributed by atoms with van der Waals surface area (Å²) in [6, 6.07) is 17.7. The number of aromatic amines is 1. The monoisotopic (exact) mass is 577 g/mol. The highest BCUT2D eigenvalue weighted by Crippen LogP contribution is 2.24. The topological polar surface area (TPSA) is 146 Å². The molecule has 0 bridgehead atoms. The van der Waals surface area contributed by atoms with Crippen LogP contribution in [0.2, 0.25) is 0 Å². The quantitative estimate of drug-likeness (QED) is 0.293. The van der Waals surface area contributed by atoms with E-state index in [0.29, 0.717) is 0 Å². The Kier molecular flexibility index (Phi) is 7.86. The van der Waals surface area contributed by atoms with Crippen molar-refractivity contribution in [2.45, 2.75) is 23.4 Å². The summed E-state index contributed by atoms with van der Waals surface area (Å²) in [7, 11) is -4.16. The summed E-state index contributed by atoms with van der Waals surface area (Å²) in [5.41, 5.74) is 7.31. The minimum atomic E-state index is -4.16. The number of nitrogens with zero attached hydrogens (tertiary/aromatic N) is 2. The van der Waals surface area contributed by atoms with E-state index in [-0.39, 0.29) is 36.5 Å². The lowest BCUT2D eigenvalue weighted by molar-refractivity contribution is -0.130. The highest BCUT2D eigenvalue weighted by molar-refractivity contribution is 7.89. The van der Waals surface area contributed by atoms with Gasteiger partial charge in [0.15, 0.2) is 0 Å². The van der Waals surface area contributed by atoms with Crippen LogP contribution >= 0.6 is 0 Å². The second kappa shape index (κ2) is 11.5. The molecule has 0 radical (unpaired) electrons. The highest BCUT2D eigenvalue weighted by atomic mass is 32.2. The van der Waals surface area contributed by atoms with E-state index in [0.717, 1.165) is 26.8 Å². The third-order valence-corrected chi connectivity index (χ3v) is 9.02. The molecule has 4 aromatic rings. The predicted molar refractivity (Wildman–Crippen MR) is 150 cm³/mol. The van der Waals surface area contributed by atoms with Gasteiger partial charge in [0.1, 0.15) is 17.9 Å².